The second-order valence-electron chi connectivity index (χ2n) is 7.64. The predicted molar refractivity (Wildman–Crippen MR) is 117 cm³/mol. The summed E-state index contributed by atoms with van der Waals surface area (Å²) in [7, 11) is -3.49. The van der Waals surface area contributed by atoms with Crippen molar-refractivity contribution in [2.75, 3.05) is 30.3 Å². The van der Waals surface area contributed by atoms with E-state index >= 15 is 0 Å². The number of rotatable bonds is 7. The lowest BCUT2D eigenvalue weighted by Crippen LogP contribution is -2.35. The largest absolute Gasteiger partial charge is 0.376 e. The molecule has 1 aliphatic heterocycles. The Kier molecular flexibility index (Phi) is 6.92. The Labute approximate surface area is 173 Å². The molecule has 0 atom stereocenters. The minimum Gasteiger partial charge on any atom is -0.376 e. The summed E-state index contributed by atoms with van der Waals surface area (Å²) < 4.78 is 27.2. The number of piperidine rings is 1. The van der Waals surface area contributed by atoms with Gasteiger partial charge in [0, 0.05) is 24.5 Å². The fraction of sp³-hybridized carbons (Fsp3) is 0.409. The van der Waals surface area contributed by atoms with Gasteiger partial charge in [-0.25, -0.2) is 8.42 Å². The zero-order valence-electron chi connectivity index (χ0n) is 17.0. The van der Waals surface area contributed by atoms with Crippen LogP contribution in [0.15, 0.2) is 53.4 Å². The fourth-order valence-electron chi connectivity index (χ4n) is 3.51. The van der Waals surface area contributed by atoms with Crippen LogP contribution in [0, 0.1) is 0 Å². The van der Waals surface area contributed by atoms with Gasteiger partial charge in [-0.3, -0.25) is 4.79 Å². The van der Waals surface area contributed by atoms with Crippen molar-refractivity contribution in [1.29, 1.82) is 0 Å². The number of carbonyl (C=O) groups is 1. The van der Waals surface area contributed by atoms with Crippen LogP contribution < -0.4 is 10.6 Å². The third-order valence-electron chi connectivity index (χ3n) is 5.10. The van der Waals surface area contributed by atoms with Gasteiger partial charge < -0.3 is 10.6 Å². The third kappa shape index (κ3) is 5.36. The second kappa shape index (κ2) is 9.41. The maximum absolute atomic E-state index is 12.8. The molecule has 0 aromatic heterocycles. The first-order chi connectivity index (χ1) is 13.9. The molecule has 2 aromatic rings. The number of hydrogen-bond acceptors (Lipinski definition) is 4. The molecule has 7 heteroatoms. The first-order valence-corrected chi connectivity index (χ1v) is 11.5. The molecule has 0 aliphatic carbocycles. The molecule has 1 fully saturated rings. The van der Waals surface area contributed by atoms with Crippen LogP contribution in [-0.4, -0.2) is 38.3 Å². The number of hydrogen-bond donors (Lipinski definition) is 2. The third-order valence-corrected chi connectivity index (χ3v) is 6.99. The van der Waals surface area contributed by atoms with Crippen molar-refractivity contribution in [3.05, 3.63) is 54.1 Å². The van der Waals surface area contributed by atoms with Gasteiger partial charge in [0.15, 0.2) is 0 Å². The number of amides is 1. The summed E-state index contributed by atoms with van der Waals surface area (Å²) in [6.07, 6.45) is 2.87. The quantitative estimate of drug-likeness (QED) is 0.715. The van der Waals surface area contributed by atoms with E-state index in [0.29, 0.717) is 24.7 Å². The van der Waals surface area contributed by atoms with E-state index in [2.05, 4.69) is 24.5 Å². The molecule has 156 valence electrons. The zero-order valence-corrected chi connectivity index (χ0v) is 17.8. The number of benzene rings is 2. The topological polar surface area (TPSA) is 78.5 Å². The highest BCUT2D eigenvalue weighted by atomic mass is 32.2. The smallest absolute Gasteiger partial charge is 0.243 e. The predicted octanol–water partition coefficient (Wildman–Crippen LogP) is 4.04. The van der Waals surface area contributed by atoms with Gasteiger partial charge >= 0.3 is 0 Å². The summed E-state index contributed by atoms with van der Waals surface area (Å²) in [5, 5.41) is 5.96. The molecule has 2 aromatic carbocycles. The van der Waals surface area contributed by atoms with E-state index in [9.17, 15) is 13.2 Å². The van der Waals surface area contributed by atoms with Crippen molar-refractivity contribution in [1.82, 2.24) is 4.31 Å². The lowest BCUT2D eigenvalue weighted by Gasteiger charge is -2.26. The molecule has 2 N–H and O–H groups in total. The summed E-state index contributed by atoms with van der Waals surface area (Å²) in [6.45, 7) is 5.35. The van der Waals surface area contributed by atoms with Crippen molar-refractivity contribution in [2.45, 2.75) is 43.9 Å². The summed E-state index contributed by atoms with van der Waals surface area (Å²) in [6, 6.07) is 14.4. The molecule has 0 saturated carbocycles. The highest BCUT2D eigenvalue weighted by Gasteiger charge is 2.26. The summed E-state index contributed by atoms with van der Waals surface area (Å²) in [5.41, 5.74) is 2.49. The van der Waals surface area contributed by atoms with E-state index in [1.165, 1.54) is 0 Å². The molecular formula is C22H29N3O3S. The number of nitrogens with one attached hydrogen (secondary N) is 2. The number of nitrogens with zero attached hydrogens (tertiary/aromatic N) is 1. The van der Waals surface area contributed by atoms with Crippen molar-refractivity contribution < 1.29 is 13.2 Å². The Bertz CT molecular complexity index is 951. The number of carbonyl (C=O) groups excluding carboxylic acids is 1. The molecule has 0 unspecified atom stereocenters. The van der Waals surface area contributed by atoms with Gasteiger partial charge in [0.25, 0.3) is 0 Å². The summed E-state index contributed by atoms with van der Waals surface area (Å²) >= 11 is 0. The lowest BCUT2D eigenvalue weighted by molar-refractivity contribution is -0.114. The first-order valence-electron chi connectivity index (χ1n) is 10.1. The molecule has 1 aliphatic rings. The minimum atomic E-state index is -3.49. The van der Waals surface area contributed by atoms with E-state index in [-0.39, 0.29) is 17.3 Å². The van der Waals surface area contributed by atoms with Crippen LogP contribution in [0.25, 0.3) is 0 Å². The van der Waals surface area contributed by atoms with Gasteiger partial charge in [0.1, 0.15) is 0 Å². The molecule has 3 rings (SSSR count). The SMILES string of the molecule is CC(C)c1ccccc1NC(=O)CNc1cccc(S(=O)(=O)N2CCCCC2)c1. The van der Waals surface area contributed by atoms with Gasteiger partial charge in [-0.05, 0) is 48.6 Å². The second-order valence-corrected chi connectivity index (χ2v) is 9.57. The summed E-state index contributed by atoms with van der Waals surface area (Å²) in [5.74, 6) is 0.124. The van der Waals surface area contributed by atoms with Gasteiger partial charge in [0.05, 0.1) is 11.4 Å². The maximum Gasteiger partial charge on any atom is 0.243 e. The Balaban J connectivity index is 1.64. The Hall–Kier alpha value is -2.38. The van der Waals surface area contributed by atoms with Crippen molar-refractivity contribution >= 4 is 27.3 Å². The van der Waals surface area contributed by atoms with E-state index < -0.39 is 10.0 Å². The van der Waals surface area contributed by atoms with Crippen LogP contribution in [0.2, 0.25) is 0 Å². The van der Waals surface area contributed by atoms with Gasteiger partial charge in [-0.15, -0.1) is 0 Å². The normalized spacial score (nSPS) is 15.3. The Morgan fingerprint density at radius 1 is 1.03 bits per heavy atom. The van der Waals surface area contributed by atoms with E-state index in [0.717, 1.165) is 30.5 Å². The van der Waals surface area contributed by atoms with E-state index in [1.54, 1.807) is 28.6 Å². The van der Waals surface area contributed by atoms with Crippen LogP contribution in [0.1, 0.15) is 44.6 Å². The average Bonchev–Trinajstić information content (AvgIpc) is 2.73. The number of sulfonamides is 1. The number of para-hydroxylation sites is 1. The van der Waals surface area contributed by atoms with E-state index in [1.807, 2.05) is 24.3 Å². The van der Waals surface area contributed by atoms with Crippen LogP contribution >= 0.6 is 0 Å². The lowest BCUT2D eigenvalue weighted by atomic mass is 10.0. The van der Waals surface area contributed by atoms with Crippen LogP contribution in [0.3, 0.4) is 0 Å². The standard InChI is InChI=1S/C22H29N3O3S/c1-17(2)20-11-4-5-12-21(20)24-22(26)16-23-18-9-8-10-19(15-18)29(27,28)25-13-6-3-7-14-25/h4-5,8-12,15,17,23H,3,6-7,13-14,16H2,1-2H3,(H,24,26). The maximum atomic E-state index is 12.8. The Morgan fingerprint density at radius 3 is 2.48 bits per heavy atom. The van der Waals surface area contributed by atoms with Crippen LogP contribution in [0.5, 0.6) is 0 Å². The fourth-order valence-corrected chi connectivity index (χ4v) is 5.08. The summed E-state index contributed by atoms with van der Waals surface area (Å²) in [4.78, 5) is 12.6. The molecule has 1 saturated heterocycles. The average molecular weight is 416 g/mol. The first kappa shape index (κ1) is 21.3. The van der Waals surface area contributed by atoms with Gasteiger partial charge in [-0.2, -0.15) is 4.31 Å². The molecule has 6 nitrogen and oxygen atoms in total. The molecule has 0 bridgehead atoms. The molecule has 1 amide bonds. The molecule has 0 spiro atoms. The van der Waals surface area contributed by atoms with Crippen LogP contribution in [-0.2, 0) is 14.8 Å². The highest BCUT2D eigenvalue weighted by Crippen LogP contribution is 2.24. The zero-order chi connectivity index (χ0) is 20.9. The Morgan fingerprint density at radius 2 is 1.76 bits per heavy atom. The van der Waals surface area contributed by atoms with Crippen LogP contribution in [0.4, 0.5) is 11.4 Å². The van der Waals surface area contributed by atoms with E-state index in [4.69, 9.17) is 0 Å². The minimum absolute atomic E-state index is 0.0552. The highest BCUT2D eigenvalue weighted by molar-refractivity contribution is 7.89. The van der Waals surface area contributed by atoms with Gasteiger partial charge in [-0.1, -0.05) is 44.5 Å². The molecule has 1 heterocycles. The van der Waals surface area contributed by atoms with Crippen molar-refractivity contribution in [3.63, 3.8) is 0 Å². The monoisotopic (exact) mass is 415 g/mol. The molecular weight excluding hydrogens is 386 g/mol. The molecule has 29 heavy (non-hydrogen) atoms. The molecule has 0 radical (unpaired) electrons. The van der Waals surface area contributed by atoms with Crippen molar-refractivity contribution in [2.24, 2.45) is 0 Å². The van der Waals surface area contributed by atoms with Gasteiger partial charge in [0.2, 0.25) is 15.9 Å². The number of anilines is 2. The van der Waals surface area contributed by atoms with Crippen molar-refractivity contribution in [3.8, 4) is 0 Å².